The third kappa shape index (κ3) is 5.50. The van der Waals surface area contributed by atoms with Crippen LogP contribution in [0.2, 0.25) is 0 Å². The second kappa shape index (κ2) is 9.70. The molecule has 4 nitrogen and oxygen atoms in total. The number of rotatable bonds is 6. The average Bonchev–Trinajstić information content (AvgIpc) is 2.54. The molecule has 5 heteroatoms. The van der Waals surface area contributed by atoms with E-state index in [1.54, 1.807) is 0 Å². The van der Waals surface area contributed by atoms with Crippen molar-refractivity contribution in [2.24, 2.45) is 11.7 Å². The molecule has 0 radical (unpaired) electrons. The van der Waals surface area contributed by atoms with Crippen LogP contribution in [0.25, 0.3) is 0 Å². The molecule has 0 aromatic heterocycles. The van der Waals surface area contributed by atoms with Gasteiger partial charge >= 0.3 is 0 Å². The fraction of sp³-hybridized carbons (Fsp3) is 0.588. The van der Waals surface area contributed by atoms with E-state index >= 15 is 0 Å². The third-order valence-electron chi connectivity index (χ3n) is 4.07. The number of hydrogen-bond acceptors (Lipinski definition) is 3. The molecule has 1 atom stereocenters. The van der Waals surface area contributed by atoms with E-state index in [2.05, 4.69) is 6.92 Å². The van der Waals surface area contributed by atoms with E-state index in [1.165, 1.54) is 0 Å². The van der Waals surface area contributed by atoms with Crippen LogP contribution in [0.1, 0.15) is 32.6 Å². The first-order chi connectivity index (χ1) is 10.2. The van der Waals surface area contributed by atoms with E-state index in [0.29, 0.717) is 5.92 Å². The molecule has 1 aromatic rings. The van der Waals surface area contributed by atoms with Crippen molar-refractivity contribution in [1.29, 1.82) is 0 Å². The monoisotopic (exact) mass is 326 g/mol. The summed E-state index contributed by atoms with van der Waals surface area (Å²) >= 11 is 0. The smallest absolute Gasteiger partial charge is 0.239 e. The summed E-state index contributed by atoms with van der Waals surface area (Å²) in [5.41, 5.74) is 5.91. The molecule has 1 fully saturated rings. The van der Waals surface area contributed by atoms with Crippen molar-refractivity contribution in [3.05, 3.63) is 30.3 Å². The van der Waals surface area contributed by atoms with Gasteiger partial charge in [-0.1, -0.05) is 31.5 Å². The first-order valence-electron chi connectivity index (χ1n) is 7.93. The summed E-state index contributed by atoms with van der Waals surface area (Å²) in [6.07, 6.45) is 3.72. The Hall–Kier alpha value is -1.26. The van der Waals surface area contributed by atoms with Gasteiger partial charge in [-0.3, -0.25) is 4.79 Å². The maximum Gasteiger partial charge on any atom is 0.239 e. The molecule has 1 saturated heterocycles. The molecule has 2 rings (SSSR count). The number of nitrogens with two attached hydrogens (primary N) is 1. The summed E-state index contributed by atoms with van der Waals surface area (Å²) in [6.45, 7) is 4.39. The zero-order valence-electron chi connectivity index (χ0n) is 13.2. The zero-order valence-corrected chi connectivity index (χ0v) is 14.1. The molecule has 1 heterocycles. The predicted molar refractivity (Wildman–Crippen MR) is 91.4 cm³/mol. The second-order valence-corrected chi connectivity index (χ2v) is 5.79. The molecule has 0 aliphatic carbocycles. The van der Waals surface area contributed by atoms with Gasteiger partial charge in [0.1, 0.15) is 5.75 Å². The molecule has 1 amide bonds. The molecule has 0 saturated carbocycles. The molecule has 1 unspecified atom stereocenters. The number of benzene rings is 1. The van der Waals surface area contributed by atoms with Crippen LogP contribution in [0, 0.1) is 5.92 Å². The summed E-state index contributed by atoms with van der Waals surface area (Å²) in [5, 5.41) is 0. The Kier molecular flexibility index (Phi) is 8.28. The molecule has 124 valence electrons. The molecule has 2 N–H and O–H groups in total. The van der Waals surface area contributed by atoms with Crippen LogP contribution < -0.4 is 10.5 Å². The van der Waals surface area contributed by atoms with Gasteiger partial charge in [-0.15, -0.1) is 12.4 Å². The lowest BCUT2D eigenvalue weighted by atomic mass is 9.97. The van der Waals surface area contributed by atoms with E-state index in [-0.39, 0.29) is 24.4 Å². The number of ether oxygens (including phenoxy) is 1. The van der Waals surface area contributed by atoms with Crippen molar-refractivity contribution in [3.63, 3.8) is 0 Å². The number of amides is 1. The SMILES string of the molecule is CCCC(N)C(=O)N1CCC(COc2ccccc2)CC1.Cl. The first kappa shape index (κ1) is 18.8. The van der Waals surface area contributed by atoms with Crippen LogP contribution >= 0.6 is 12.4 Å². The van der Waals surface area contributed by atoms with Crippen molar-refractivity contribution in [1.82, 2.24) is 4.90 Å². The van der Waals surface area contributed by atoms with Gasteiger partial charge in [0.25, 0.3) is 0 Å². The molecule has 1 aromatic carbocycles. The van der Waals surface area contributed by atoms with Crippen LogP contribution in [0.5, 0.6) is 5.75 Å². The van der Waals surface area contributed by atoms with Crippen molar-refractivity contribution in [3.8, 4) is 5.75 Å². The van der Waals surface area contributed by atoms with Gasteiger partial charge in [-0.2, -0.15) is 0 Å². The van der Waals surface area contributed by atoms with E-state index in [1.807, 2.05) is 35.2 Å². The number of nitrogens with zero attached hydrogens (tertiary/aromatic N) is 1. The number of hydrogen-bond donors (Lipinski definition) is 1. The summed E-state index contributed by atoms with van der Waals surface area (Å²) in [4.78, 5) is 14.1. The summed E-state index contributed by atoms with van der Waals surface area (Å²) in [5.74, 6) is 1.55. The molecule has 22 heavy (non-hydrogen) atoms. The van der Waals surface area contributed by atoms with Gasteiger partial charge in [-0.25, -0.2) is 0 Å². The second-order valence-electron chi connectivity index (χ2n) is 5.79. The number of carbonyl (C=O) groups is 1. The van der Waals surface area contributed by atoms with Gasteiger partial charge in [0.15, 0.2) is 0 Å². The van der Waals surface area contributed by atoms with Crippen LogP contribution in [-0.4, -0.2) is 36.5 Å². The number of para-hydroxylation sites is 1. The van der Waals surface area contributed by atoms with Crippen molar-refractivity contribution < 1.29 is 9.53 Å². The topological polar surface area (TPSA) is 55.6 Å². The lowest BCUT2D eigenvalue weighted by molar-refractivity contribution is -0.134. The molecule has 0 spiro atoms. The predicted octanol–water partition coefficient (Wildman–Crippen LogP) is 2.85. The van der Waals surface area contributed by atoms with Gasteiger partial charge in [0, 0.05) is 13.1 Å². The molecular formula is C17H27ClN2O2. The Morgan fingerprint density at radius 1 is 1.32 bits per heavy atom. The van der Waals surface area contributed by atoms with Crippen LogP contribution in [0.4, 0.5) is 0 Å². The zero-order chi connectivity index (χ0) is 15.1. The van der Waals surface area contributed by atoms with Crippen molar-refractivity contribution in [2.75, 3.05) is 19.7 Å². The van der Waals surface area contributed by atoms with Crippen LogP contribution in [-0.2, 0) is 4.79 Å². The molecular weight excluding hydrogens is 300 g/mol. The summed E-state index contributed by atoms with van der Waals surface area (Å²) < 4.78 is 5.80. The average molecular weight is 327 g/mol. The highest BCUT2D eigenvalue weighted by Crippen LogP contribution is 2.20. The fourth-order valence-electron chi connectivity index (χ4n) is 2.72. The van der Waals surface area contributed by atoms with Crippen LogP contribution in [0.3, 0.4) is 0 Å². The van der Waals surface area contributed by atoms with Gasteiger partial charge in [-0.05, 0) is 37.3 Å². The normalized spacial score (nSPS) is 16.7. The van der Waals surface area contributed by atoms with Gasteiger partial charge in [0.2, 0.25) is 5.91 Å². The minimum absolute atomic E-state index is 0. The molecule has 1 aliphatic rings. The Labute approximate surface area is 139 Å². The summed E-state index contributed by atoms with van der Waals surface area (Å²) in [6, 6.07) is 9.56. The molecule has 1 aliphatic heterocycles. The Bertz CT molecular complexity index is 434. The van der Waals surface area contributed by atoms with E-state index in [0.717, 1.165) is 51.1 Å². The fourth-order valence-corrected chi connectivity index (χ4v) is 2.72. The minimum atomic E-state index is -0.327. The Morgan fingerprint density at radius 3 is 2.55 bits per heavy atom. The minimum Gasteiger partial charge on any atom is -0.493 e. The maximum atomic E-state index is 12.1. The lowest BCUT2D eigenvalue weighted by Crippen LogP contribution is -2.47. The standard InChI is InChI=1S/C17H26N2O2.ClH/c1-2-6-16(18)17(20)19-11-9-14(10-12-19)13-21-15-7-4-3-5-8-15;/h3-5,7-8,14,16H,2,6,9-13,18H2,1H3;1H. The summed E-state index contributed by atoms with van der Waals surface area (Å²) in [7, 11) is 0. The lowest BCUT2D eigenvalue weighted by Gasteiger charge is -2.33. The first-order valence-corrected chi connectivity index (χ1v) is 7.93. The molecule has 0 bridgehead atoms. The van der Waals surface area contributed by atoms with Gasteiger partial charge in [0.05, 0.1) is 12.6 Å². The number of likely N-dealkylation sites (tertiary alicyclic amines) is 1. The van der Waals surface area contributed by atoms with E-state index < -0.39 is 0 Å². The highest BCUT2D eigenvalue weighted by atomic mass is 35.5. The highest BCUT2D eigenvalue weighted by molar-refractivity contribution is 5.85. The number of carbonyl (C=O) groups excluding carboxylic acids is 1. The van der Waals surface area contributed by atoms with Gasteiger partial charge < -0.3 is 15.4 Å². The quantitative estimate of drug-likeness (QED) is 0.874. The highest BCUT2D eigenvalue weighted by Gasteiger charge is 2.26. The third-order valence-corrected chi connectivity index (χ3v) is 4.07. The van der Waals surface area contributed by atoms with Crippen molar-refractivity contribution in [2.45, 2.75) is 38.6 Å². The maximum absolute atomic E-state index is 12.1. The van der Waals surface area contributed by atoms with E-state index in [4.69, 9.17) is 10.5 Å². The number of halogens is 1. The Balaban J connectivity index is 0.00000242. The van der Waals surface area contributed by atoms with Crippen molar-refractivity contribution >= 4 is 18.3 Å². The van der Waals surface area contributed by atoms with Crippen LogP contribution in [0.15, 0.2) is 30.3 Å². The van der Waals surface area contributed by atoms with E-state index in [9.17, 15) is 4.79 Å². The Morgan fingerprint density at radius 2 is 1.95 bits per heavy atom. The largest absolute Gasteiger partial charge is 0.493 e. The number of piperidine rings is 1.